The van der Waals surface area contributed by atoms with E-state index in [-0.39, 0.29) is 0 Å². The fourth-order valence-electron chi connectivity index (χ4n) is 12.1. The summed E-state index contributed by atoms with van der Waals surface area (Å²) >= 11 is 0. The quantitative estimate of drug-likeness (QED) is 0.115. The van der Waals surface area contributed by atoms with Gasteiger partial charge in [0.2, 0.25) is 0 Å². The summed E-state index contributed by atoms with van der Waals surface area (Å²) in [5, 5.41) is 10.8. The van der Waals surface area contributed by atoms with Crippen LogP contribution in [-0.2, 0) is 6.42 Å². The zero-order valence-electron chi connectivity index (χ0n) is 39.2. The van der Waals surface area contributed by atoms with Crippen LogP contribution >= 0.6 is 0 Å². The van der Waals surface area contributed by atoms with Crippen LogP contribution in [0.5, 0.6) is 0 Å². The van der Waals surface area contributed by atoms with E-state index >= 15 is 0 Å². The predicted molar refractivity (Wildman–Crippen MR) is 265 cm³/mol. The zero-order valence-corrected chi connectivity index (χ0v) is 39.2. The lowest BCUT2D eigenvalue weighted by Crippen LogP contribution is -2.38. The third-order valence-electron chi connectivity index (χ3n) is 16.2. The summed E-state index contributed by atoms with van der Waals surface area (Å²) in [5.74, 6) is 5.42. The molecule has 5 aliphatic carbocycles. The minimum Gasteiger partial charge on any atom is -0.381 e. The maximum absolute atomic E-state index is 4.35. The van der Waals surface area contributed by atoms with Crippen molar-refractivity contribution < 1.29 is 0 Å². The molecule has 7 rings (SSSR count). The lowest BCUT2D eigenvalue weighted by molar-refractivity contribution is 0.0808. The summed E-state index contributed by atoms with van der Waals surface area (Å²) in [7, 11) is 2.08. The highest BCUT2D eigenvalue weighted by molar-refractivity contribution is 5.72. The molecule has 1 aromatic rings. The first-order valence-electron chi connectivity index (χ1n) is 25.2. The summed E-state index contributed by atoms with van der Waals surface area (Å²) in [5.41, 5.74) is 16.3. The van der Waals surface area contributed by atoms with Crippen LogP contribution in [-0.4, -0.2) is 33.2 Å². The second-order valence-electron chi connectivity index (χ2n) is 20.4. The molecule has 0 bridgehead atoms. The van der Waals surface area contributed by atoms with Gasteiger partial charge in [0.15, 0.2) is 0 Å². The van der Waals surface area contributed by atoms with E-state index in [0.29, 0.717) is 11.8 Å². The molecule has 3 N–H and O–H groups in total. The molecule has 3 heteroatoms. The van der Waals surface area contributed by atoms with E-state index in [1.54, 1.807) is 22.3 Å². The van der Waals surface area contributed by atoms with Gasteiger partial charge in [0.1, 0.15) is 0 Å². The van der Waals surface area contributed by atoms with Crippen LogP contribution in [0, 0.1) is 41.4 Å². The van der Waals surface area contributed by atoms with E-state index in [4.69, 9.17) is 0 Å². The van der Waals surface area contributed by atoms with Crippen LogP contribution < -0.4 is 16.0 Å². The number of hydrogen-bond acceptors (Lipinski definition) is 3. The van der Waals surface area contributed by atoms with Gasteiger partial charge >= 0.3 is 0 Å². The van der Waals surface area contributed by atoms with E-state index in [9.17, 15) is 0 Å². The molecule has 330 valence electrons. The molecule has 0 aromatic heterocycles. The molecular formula is C58H83N3. The van der Waals surface area contributed by atoms with Crippen molar-refractivity contribution in [1.82, 2.24) is 16.0 Å². The Balaban J connectivity index is 1.09. The predicted octanol–water partition coefficient (Wildman–Crippen LogP) is 14.2. The van der Waals surface area contributed by atoms with Gasteiger partial charge < -0.3 is 16.0 Å². The second kappa shape index (κ2) is 22.8. The first-order valence-corrected chi connectivity index (χ1v) is 25.2. The summed E-state index contributed by atoms with van der Waals surface area (Å²) in [6.45, 7) is 18.5. The molecule has 2 saturated carbocycles. The molecular weight excluding hydrogens is 739 g/mol. The molecule has 3 nitrogen and oxygen atoms in total. The highest BCUT2D eigenvalue weighted by Crippen LogP contribution is 2.52. The molecule has 1 saturated heterocycles. The summed E-state index contributed by atoms with van der Waals surface area (Å²) in [4.78, 5) is 0. The second-order valence-corrected chi connectivity index (χ2v) is 20.4. The number of rotatable bonds is 16. The highest BCUT2D eigenvalue weighted by Gasteiger charge is 2.42. The fourth-order valence-corrected chi connectivity index (χ4v) is 12.1. The third-order valence-corrected chi connectivity index (χ3v) is 16.2. The van der Waals surface area contributed by atoms with Gasteiger partial charge in [0.25, 0.3) is 0 Å². The van der Waals surface area contributed by atoms with Crippen molar-refractivity contribution >= 4 is 11.6 Å². The average molecular weight is 822 g/mol. The van der Waals surface area contributed by atoms with Crippen molar-refractivity contribution in [2.24, 2.45) is 41.4 Å². The topological polar surface area (TPSA) is 36.1 Å². The zero-order chi connectivity index (χ0) is 42.6. The Labute approximate surface area is 373 Å². The molecule has 1 heterocycles. The van der Waals surface area contributed by atoms with Crippen molar-refractivity contribution in [3.05, 3.63) is 129 Å². The Morgan fingerprint density at radius 3 is 2.48 bits per heavy atom. The number of fused-ring (bicyclic) bond motifs is 2. The number of nitrogens with one attached hydrogen (secondary N) is 3. The van der Waals surface area contributed by atoms with Crippen molar-refractivity contribution in [3.8, 4) is 0 Å². The first-order chi connectivity index (χ1) is 29.8. The lowest BCUT2D eigenvalue weighted by atomic mass is 9.57. The van der Waals surface area contributed by atoms with E-state index < -0.39 is 0 Å². The van der Waals surface area contributed by atoms with E-state index in [2.05, 4.69) is 130 Å². The van der Waals surface area contributed by atoms with E-state index in [0.717, 1.165) is 86.3 Å². The standard InChI is InChI=1S/C58H83N3/c1-41-15-10-8-7-9-11-17-54(35-41)61-40-52(49-28-26-48-38-50(29-27-47(48)37-49)53-32-34-60-39-53)25-22-45(5)55-30-31-56(58-19-13-12-18-57(55)58)51-24-21-44(4)46(36-51)23-20-43(3)42(2)16-14-33-59-6/h10-11,15,17,22,25-26,28,35-38,42-43,53,55-61H,1,7-9,12-14,16,18-21,23-24,27,29-34,39-40H2,2-6H3/b15-10-,17-11-,45-22+,52-25+,54-35?/t42?,43?,53?,55-,56?,57?,58?/m1/s1. The van der Waals surface area contributed by atoms with Crippen LogP contribution in [0.1, 0.15) is 154 Å². The maximum Gasteiger partial charge on any atom is 0.0406 e. The van der Waals surface area contributed by atoms with E-state index in [1.807, 2.05) is 5.57 Å². The Morgan fingerprint density at radius 2 is 1.66 bits per heavy atom. The van der Waals surface area contributed by atoms with Gasteiger partial charge in [-0.15, -0.1) is 0 Å². The highest BCUT2D eigenvalue weighted by atomic mass is 14.9. The van der Waals surface area contributed by atoms with Gasteiger partial charge in [-0.05, 0) is 224 Å². The summed E-state index contributed by atoms with van der Waals surface area (Å²) in [6.07, 6.45) is 44.8. The molecule has 7 atom stereocenters. The van der Waals surface area contributed by atoms with Gasteiger partial charge in [-0.25, -0.2) is 0 Å². The average Bonchev–Trinajstić information content (AvgIpc) is 3.83. The van der Waals surface area contributed by atoms with Crippen molar-refractivity contribution in [1.29, 1.82) is 0 Å². The monoisotopic (exact) mass is 822 g/mol. The van der Waals surface area contributed by atoms with Gasteiger partial charge in [-0.1, -0.05) is 116 Å². The molecule has 0 spiro atoms. The Morgan fingerprint density at radius 1 is 0.852 bits per heavy atom. The largest absolute Gasteiger partial charge is 0.381 e. The maximum atomic E-state index is 4.35. The number of benzene rings is 1. The van der Waals surface area contributed by atoms with Crippen molar-refractivity contribution in [3.63, 3.8) is 0 Å². The number of aryl methyl sites for hydroxylation is 1. The van der Waals surface area contributed by atoms with Gasteiger partial charge in [0, 0.05) is 18.8 Å². The number of hydrogen-bond donors (Lipinski definition) is 3. The van der Waals surface area contributed by atoms with Gasteiger partial charge in [-0.3, -0.25) is 0 Å². The lowest BCUT2D eigenvalue weighted by Gasteiger charge is -2.48. The van der Waals surface area contributed by atoms with Crippen molar-refractivity contribution in [2.45, 2.75) is 143 Å². The normalized spacial score (nSPS) is 28.5. The summed E-state index contributed by atoms with van der Waals surface area (Å²) < 4.78 is 0. The number of allylic oxidation sites excluding steroid dienone is 13. The fraction of sp³-hybridized carbons (Fsp3) is 0.586. The molecule has 0 radical (unpaired) electrons. The molecule has 61 heavy (non-hydrogen) atoms. The minimum atomic E-state index is 0.689. The molecule has 6 aliphatic rings. The molecule has 1 aromatic carbocycles. The van der Waals surface area contributed by atoms with Crippen LogP contribution in [0.3, 0.4) is 0 Å². The Hall–Kier alpha value is -3.40. The van der Waals surface area contributed by atoms with Crippen LogP contribution in [0.2, 0.25) is 0 Å². The summed E-state index contributed by atoms with van der Waals surface area (Å²) in [6, 6.07) is 7.33. The van der Waals surface area contributed by atoms with Gasteiger partial charge in [-0.2, -0.15) is 0 Å². The Bertz CT molecular complexity index is 1900. The molecule has 3 fully saturated rings. The third kappa shape index (κ3) is 12.4. The smallest absolute Gasteiger partial charge is 0.0406 e. The van der Waals surface area contributed by atoms with Crippen molar-refractivity contribution in [2.75, 3.05) is 33.2 Å². The molecule has 0 amide bonds. The van der Waals surface area contributed by atoms with E-state index in [1.165, 1.54) is 119 Å². The van der Waals surface area contributed by atoms with Crippen LogP contribution in [0.15, 0.2) is 113 Å². The van der Waals surface area contributed by atoms with Gasteiger partial charge in [0.05, 0.1) is 0 Å². The molecule has 1 aliphatic heterocycles. The SMILES string of the molecule is C=C1C=C(NC/C(=C\C=C(/C)[C@H]2CCC(C3=CC(CCC(C)C(C)CCCNC)=C(C)CC3)C3CCCCC32)c2ccc3c(c2)CCC(C2CCNC2)=C3)/C=C\CCC/C=C\1. The van der Waals surface area contributed by atoms with Crippen LogP contribution in [0.4, 0.5) is 0 Å². The first kappa shape index (κ1) is 45.6. The van der Waals surface area contributed by atoms with Crippen LogP contribution in [0.25, 0.3) is 11.6 Å². The minimum absolute atomic E-state index is 0.689. The molecule has 6 unspecified atom stereocenters. The Kier molecular flexibility index (Phi) is 17.1.